The van der Waals surface area contributed by atoms with Gasteiger partial charge in [-0.2, -0.15) is 13.2 Å². The third kappa shape index (κ3) is 3.48. The van der Waals surface area contributed by atoms with Crippen molar-refractivity contribution < 1.29 is 30.0 Å². The Morgan fingerprint density at radius 3 is 1.77 bits per heavy atom. The molecule has 0 radical (unpaired) electrons. The first-order valence-corrected chi connectivity index (χ1v) is 5.85. The first-order chi connectivity index (χ1) is 5.52. The molecule has 0 rings (SSSR count). The lowest BCUT2D eigenvalue weighted by atomic mass is 11.0. The lowest BCUT2D eigenvalue weighted by molar-refractivity contribution is -0.0425. The number of rotatable bonds is 3. The number of sulfonamides is 2. The summed E-state index contributed by atoms with van der Waals surface area (Å²) in [6.45, 7) is 0.977. The molecule has 0 heterocycles. The summed E-state index contributed by atoms with van der Waals surface area (Å²) in [6, 6.07) is 0. The van der Waals surface area contributed by atoms with Crippen LogP contribution >= 0.6 is 0 Å². The van der Waals surface area contributed by atoms with Crippen molar-refractivity contribution in [3.05, 3.63) is 4.13 Å². The summed E-state index contributed by atoms with van der Waals surface area (Å²) in [7, 11) is -10.5. The van der Waals surface area contributed by atoms with E-state index in [1.807, 2.05) is 0 Å². The number of hydrogen-bond acceptors (Lipinski definition) is 4. The Bertz CT molecular complexity index is 366. The lowest BCUT2D eigenvalue weighted by Crippen LogP contribution is -2.24. The van der Waals surface area contributed by atoms with Gasteiger partial charge in [-0.1, -0.05) is 6.92 Å². The molecule has 13 heavy (non-hydrogen) atoms. The third-order valence-corrected chi connectivity index (χ3v) is 3.88. The second-order valence-corrected chi connectivity index (χ2v) is 5.62. The minimum Gasteiger partial charge on any atom is -0.428 e. The van der Waals surface area contributed by atoms with E-state index in [4.69, 9.17) is 0 Å². The molecule has 0 fully saturated rings. The van der Waals surface area contributed by atoms with Gasteiger partial charge in [-0.05, 0) is 0 Å². The lowest BCUT2D eigenvalue weighted by Gasteiger charge is -2.20. The van der Waals surface area contributed by atoms with Crippen molar-refractivity contribution in [3.8, 4) is 0 Å². The zero-order valence-electron chi connectivity index (χ0n) is 6.24. The van der Waals surface area contributed by atoms with Crippen molar-refractivity contribution >= 4 is 20.0 Å². The number of hydrogen-bond donors (Lipinski definition) is 0. The maximum Gasteiger partial charge on any atom is 0.480 e. The number of alkyl halides is 3. The molecular weight excluding hydrogens is 235 g/mol. The van der Waals surface area contributed by atoms with Crippen LogP contribution in [0.4, 0.5) is 13.2 Å². The van der Waals surface area contributed by atoms with Crippen molar-refractivity contribution in [2.45, 2.75) is 12.4 Å². The summed E-state index contributed by atoms with van der Waals surface area (Å²) < 4.78 is 77.6. The van der Waals surface area contributed by atoms with Gasteiger partial charge in [0, 0.05) is 5.75 Å². The van der Waals surface area contributed by atoms with Gasteiger partial charge in [-0.25, -0.2) is 16.8 Å². The van der Waals surface area contributed by atoms with Crippen LogP contribution in [0.15, 0.2) is 0 Å². The van der Waals surface area contributed by atoms with E-state index in [1.165, 1.54) is 0 Å². The molecule has 0 atom stereocenters. The molecule has 0 aromatic rings. The van der Waals surface area contributed by atoms with Crippen LogP contribution in [0.5, 0.6) is 0 Å². The summed E-state index contributed by atoms with van der Waals surface area (Å²) in [5, 5.41) is 0. The van der Waals surface area contributed by atoms with Crippen LogP contribution in [0.25, 0.3) is 4.13 Å². The predicted octanol–water partition coefficient (Wildman–Crippen LogP) is 0.559. The van der Waals surface area contributed by atoms with Gasteiger partial charge < -0.3 is 4.13 Å². The van der Waals surface area contributed by atoms with E-state index < -0.39 is 31.3 Å². The van der Waals surface area contributed by atoms with E-state index in [-0.39, 0.29) is 0 Å². The van der Waals surface area contributed by atoms with Crippen molar-refractivity contribution in [1.29, 1.82) is 0 Å². The Morgan fingerprint density at radius 2 is 1.54 bits per heavy atom. The standard InChI is InChI=1S/C3H5F3NO4S2/c1-2-12(8,9)7-13(10,11)3(4,5)6/h2H2,1H3/q-1. The smallest absolute Gasteiger partial charge is 0.428 e. The Labute approximate surface area is 73.0 Å². The Kier molecular flexibility index (Phi) is 3.33. The Morgan fingerprint density at radius 1 is 1.15 bits per heavy atom. The van der Waals surface area contributed by atoms with Crippen molar-refractivity contribution in [2.24, 2.45) is 0 Å². The van der Waals surface area contributed by atoms with Crippen LogP contribution in [0, 0.1) is 0 Å². The highest BCUT2D eigenvalue weighted by Gasteiger charge is 2.40. The van der Waals surface area contributed by atoms with Gasteiger partial charge in [0.05, 0.1) is 10.0 Å². The predicted molar refractivity (Wildman–Crippen MR) is 37.8 cm³/mol. The molecule has 10 heteroatoms. The molecule has 0 aliphatic rings. The van der Waals surface area contributed by atoms with Crippen molar-refractivity contribution in [1.82, 2.24) is 0 Å². The molecule has 5 nitrogen and oxygen atoms in total. The molecule has 0 N–H and O–H groups in total. The molecule has 0 bridgehead atoms. The van der Waals surface area contributed by atoms with Crippen LogP contribution in [-0.4, -0.2) is 28.1 Å². The van der Waals surface area contributed by atoms with Crippen molar-refractivity contribution in [3.63, 3.8) is 0 Å². The molecular formula is C3H5F3NO4S2-. The molecule has 0 aromatic carbocycles. The fraction of sp³-hybridized carbons (Fsp3) is 1.00. The molecule has 0 spiro atoms. The molecule has 80 valence electrons. The quantitative estimate of drug-likeness (QED) is 0.721. The average molecular weight is 240 g/mol. The van der Waals surface area contributed by atoms with E-state index in [0.29, 0.717) is 0 Å². The molecule has 0 saturated heterocycles. The molecule has 0 saturated carbocycles. The SMILES string of the molecule is CCS(=O)(=O)[N-]S(=O)(=O)C(F)(F)F. The first kappa shape index (κ1) is 12.7. The summed E-state index contributed by atoms with van der Waals surface area (Å²) in [4.78, 5) is 0. The van der Waals surface area contributed by atoms with Crippen LogP contribution in [0.3, 0.4) is 0 Å². The fourth-order valence-electron chi connectivity index (χ4n) is 0.244. The fourth-order valence-corrected chi connectivity index (χ4v) is 2.20. The Hall–Kier alpha value is -0.350. The largest absolute Gasteiger partial charge is 0.480 e. The van der Waals surface area contributed by atoms with E-state index in [9.17, 15) is 30.0 Å². The monoisotopic (exact) mass is 240 g/mol. The zero-order valence-corrected chi connectivity index (χ0v) is 7.87. The van der Waals surface area contributed by atoms with Crippen LogP contribution < -0.4 is 0 Å². The van der Waals surface area contributed by atoms with E-state index in [2.05, 4.69) is 0 Å². The van der Waals surface area contributed by atoms with Crippen LogP contribution in [-0.2, 0) is 20.0 Å². The van der Waals surface area contributed by atoms with E-state index >= 15 is 0 Å². The highest BCUT2D eigenvalue weighted by atomic mass is 32.3. The summed E-state index contributed by atoms with van der Waals surface area (Å²) in [5.74, 6) is -0.803. The van der Waals surface area contributed by atoms with Crippen LogP contribution in [0.2, 0.25) is 0 Å². The maximum atomic E-state index is 11.6. The molecule has 0 aliphatic heterocycles. The van der Waals surface area contributed by atoms with Gasteiger partial charge in [0.15, 0.2) is 10.0 Å². The van der Waals surface area contributed by atoms with Crippen LogP contribution in [0.1, 0.15) is 6.92 Å². The third-order valence-electron chi connectivity index (χ3n) is 0.869. The van der Waals surface area contributed by atoms with Gasteiger partial charge in [0.25, 0.3) is 0 Å². The van der Waals surface area contributed by atoms with Crippen molar-refractivity contribution in [2.75, 3.05) is 5.75 Å². The highest BCUT2D eigenvalue weighted by Crippen LogP contribution is 2.29. The molecule has 0 amide bonds. The second-order valence-electron chi connectivity index (χ2n) is 1.87. The first-order valence-electron chi connectivity index (χ1n) is 2.80. The summed E-state index contributed by atoms with van der Waals surface area (Å²) in [5.41, 5.74) is -5.67. The maximum absolute atomic E-state index is 11.6. The zero-order chi connectivity index (χ0) is 10.9. The molecule has 0 unspecified atom stereocenters. The number of nitrogens with zero attached hydrogens (tertiary/aromatic N) is 1. The highest BCUT2D eigenvalue weighted by molar-refractivity contribution is 8.12. The minimum atomic E-state index is -5.93. The normalized spacial score (nSPS) is 14.5. The van der Waals surface area contributed by atoms with Gasteiger partial charge >= 0.3 is 5.51 Å². The number of halogens is 3. The molecule has 0 aliphatic carbocycles. The minimum absolute atomic E-state index is 0.803. The van der Waals surface area contributed by atoms with Gasteiger partial charge in [0.1, 0.15) is 0 Å². The van der Waals surface area contributed by atoms with Gasteiger partial charge in [-0.3, -0.25) is 0 Å². The second kappa shape index (κ2) is 3.42. The van der Waals surface area contributed by atoms with E-state index in [1.54, 1.807) is 4.13 Å². The summed E-state index contributed by atoms with van der Waals surface area (Å²) >= 11 is 0. The van der Waals surface area contributed by atoms with Gasteiger partial charge in [-0.15, -0.1) is 0 Å². The topological polar surface area (TPSA) is 82.4 Å². The molecule has 0 aromatic heterocycles. The Balaban J connectivity index is 4.97. The van der Waals surface area contributed by atoms with Gasteiger partial charge in [0.2, 0.25) is 0 Å². The summed E-state index contributed by atoms with van der Waals surface area (Å²) in [6.07, 6.45) is 0. The van der Waals surface area contributed by atoms with E-state index in [0.717, 1.165) is 6.92 Å². The average Bonchev–Trinajstić information content (AvgIpc) is 1.83.